The van der Waals surface area contributed by atoms with Crippen molar-refractivity contribution in [3.63, 3.8) is 0 Å². The van der Waals surface area contributed by atoms with Crippen molar-refractivity contribution in [2.24, 2.45) is 5.92 Å². The molecule has 0 saturated heterocycles. The highest BCUT2D eigenvalue weighted by Gasteiger charge is 2.43. The lowest BCUT2D eigenvalue weighted by atomic mass is 9.82. The van der Waals surface area contributed by atoms with E-state index < -0.39 is 41.7 Å². The highest BCUT2D eigenvalue weighted by atomic mass is 19.4. The summed E-state index contributed by atoms with van der Waals surface area (Å²) in [6.45, 7) is 0. The zero-order chi connectivity index (χ0) is 18.5. The first-order valence-electron chi connectivity index (χ1n) is 6.59. The van der Waals surface area contributed by atoms with Gasteiger partial charge in [0, 0.05) is 5.92 Å². The molecule has 0 spiro atoms. The maximum Gasteiger partial charge on any atom is 0.416 e. The molecule has 2 unspecified atom stereocenters. The first-order valence-corrected chi connectivity index (χ1v) is 6.59. The zero-order valence-electron chi connectivity index (χ0n) is 12.7. The van der Waals surface area contributed by atoms with E-state index in [1.807, 2.05) is 0 Å². The molecule has 0 aromatic heterocycles. The van der Waals surface area contributed by atoms with E-state index in [9.17, 15) is 31.9 Å². The van der Waals surface area contributed by atoms with Gasteiger partial charge in [-0.2, -0.15) is 13.2 Å². The van der Waals surface area contributed by atoms with Crippen molar-refractivity contribution in [1.82, 2.24) is 0 Å². The molecule has 132 valence electrons. The first kappa shape index (κ1) is 19.6. The molecule has 0 aliphatic rings. The van der Waals surface area contributed by atoms with Gasteiger partial charge in [0.2, 0.25) is 0 Å². The Bertz CT molecular complexity index is 581. The fraction of sp³-hybridized carbons (Fsp3) is 0.400. The maximum absolute atomic E-state index is 14.1. The largest absolute Gasteiger partial charge is 0.468 e. The van der Waals surface area contributed by atoms with Gasteiger partial charge < -0.3 is 14.3 Å². The number of alkyl halides is 4. The molecule has 0 radical (unpaired) electrons. The van der Waals surface area contributed by atoms with Gasteiger partial charge in [0.1, 0.15) is 0 Å². The van der Waals surface area contributed by atoms with Crippen LogP contribution in [0, 0.1) is 5.92 Å². The number of esters is 2. The summed E-state index contributed by atoms with van der Waals surface area (Å²) in [5, 5.41) is 0. The van der Waals surface area contributed by atoms with Crippen molar-refractivity contribution >= 4 is 18.2 Å². The van der Waals surface area contributed by atoms with Gasteiger partial charge in [-0.05, 0) is 17.7 Å². The lowest BCUT2D eigenvalue weighted by molar-refractivity contribution is -0.161. The smallest absolute Gasteiger partial charge is 0.416 e. The van der Waals surface area contributed by atoms with Crippen LogP contribution in [0.4, 0.5) is 17.6 Å². The van der Waals surface area contributed by atoms with Crippen LogP contribution >= 0.6 is 0 Å². The van der Waals surface area contributed by atoms with Crippen molar-refractivity contribution in [3.8, 4) is 0 Å². The molecule has 0 fully saturated rings. The molecule has 1 aromatic rings. The third kappa shape index (κ3) is 4.30. The van der Waals surface area contributed by atoms with E-state index in [4.69, 9.17) is 0 Å². The fourth-order valence-electron chi connectivity index (χ4n) is 2.18. The number of benzene rings is 1. The van der Waals surface area contributed by atoms with E-state index in [-0.39, 0.29) is 11.8 Å². The molecular weight excluding hydrogens is 336 g/mol. The van der Waals surface area contributed by atoms with Crippen LogP contribution in [0.1, 0.15) is 17.0 Å². The van der Waals surface area contributed by atoms with Crippen LogP contribution in [0.2, 0.25) is 0 Å². The number of ether oxygens (including phenoxy) is 2. The van der Waals surface area contributed by atoms with Gasteiger partial charge >= 0.3 is 18.1 Å². The second-order valence-electron chi connectivity index (χ2n) is 4.75. The van der Waals surface area contributed by atoms with E-state index >= 15 is 0 Å². The third-order valence-corrected chi connectivity index (χ3v) is 3.37. The Morgan fingerprint density at radius 3 is 1.83 bits per heavy atom. The van der Waals surface area contributed by atoms with Crippen LogP contribution in [0.3, 0.4) is 0 Å². The highest BCUT2D eigenvalue weighted by Crippen LogP contribution is 2.34. The minimum absolute atomic E-state index is 0.150. The van der Waals surface area contributed by atoms with Crippen molar-refractivity contribution < 1.29 is 41.4 Å². The molecule has 1 aromatic carbocycles. The van der Waals surface area contributed by atoms with Crippen molar-refractivity contribution in [1.29, 1.82) is 0 Å². The Balaban J connectivity index is 3.37. The molecule has 0 saturated carbocycles. The number of methoxy groups -OCH3 is 2. The van der Waals surface area contributed by atoms with Gasteiger partial charge in [-0.25, -0.2) is 4.39 Å². The Kier molecular flexibility index (Phi) is 6.44. The standard InChI is InChI=1S/C15H14F4O5/c1-23-13(21)12(14(22)24-2)11(10(16)7-20)8-3-5-9(6-4-8)15(17,18)19/h3-7,10-12H,1-2H3. The average Bonchev–Trinajstić information content (AvgIpc) is 2.57. The molecule has 0 N–H and O–H groups in total. The van der Waals surface area contributed by atoms with Gasteiger partial charge in [-0.15, -0.1) is 0 Å². The summed E-state index contributed by atoms with van der Waals surface area (Å²) >= 11 is 0. The van der Waals surface area contributed by atoms with Crippen molar-refractivity contribution in [2.45, 2.75) is 18.3 Å². The molecule has 0 heterocycles. The van der Waals surface area contributed by atoms with Gasteiger partial charge in [-0.1, -0.05) is 12.1 Å². The number of hydrogen-bond acceptors (Lipinski definition) is 5. The van der Waals surface area contributed by atoms with Crippen LogP contribution in [-0.4, -0.2) is 38.6 Å². The van der Waals surface area contributed by atoms with Crippen LogP contribution in [0.15, 0.2) is 24.3 Å². The molecule has 2 atom stereocenters. The van der Waals surface area contributed by atoms with E-state index in [1.165, 1.54) is 0 Å². The molecule has 5 nitrogen and oxygen atoms in total. The van der Waals surface area contributed by atoms with Crippen LogP contribution < -0.4 is 0 Å². The van der Waals surface area contributed by atoms with E-state index in [1.54, 1.807) is 0 Å². The van der Waals surface area contributed by atoms with Crippen LogP contribution in [0.5, 0.6) is 0 Å². The monoisotopic (exact) mass is 350 g/mol. The number of hydrogen-bond donors (Lipinski definition) is 0. The molecule has 24 heavy (non-hydrogen) atoms. The zero-order valence-corrected chi connectivity index (χ0v) is 12.7. The Morgan fingerprint density at radius 2 is 1.50 bits per heavy atom. The number of rotatable bonds is 6. The quantitative estimate of drug-likeness (QED) is 0.341. The van der Waals surface area contributed by atoms with Crippen molar-refractivity contribution in [2.75, 3.05) is 14.2 Å². The summed E-state index contributed by atoms with van der Waals surface area (Å²) in [6, 6.07) is 3.10. The van der Waals surface area contributed by atoms with Crippen LogP contribution in [0.25, 0.3) is 0 Å². The summed E-state index contributed by atoms with van der Waals surface area (Å²) in [6.07, 6.45) is -7.09. The number of halogens is 4. The van der Waals surface area contributed by atoms with Gasteiger partial charge in [0.25, 0.3) is 0 Å². The molecular formula is C15H14F4O5. The number of carbonyl (C=O) groups excluding carboxylic acids is 3. The minimum atomic E-state index is -4.61. The second kappa shape index (κ2) is 7.89. The van der Waals surface area contributed by atoms with E-state index in [0.717, 1.165) is 26.4 Å². The lowest BCUT2D eigenvalue weighted by Crippen LogP contribution is -2.37. The molecule has 0 bridgehead atoms. The normalized spacial score (nSPS) is 14.0. The molecule has 9 heteroatoms. The topological polar surface area (TPSA) is 69.7 Å². The summed E-state index contributed by atoms with van der Waals surface area (Å²) in [5.41, 5.74) is -1.15. The lowest BCUT2D eigenvalue weighted by Gasteiger charge is -2.24. The molecule has 1 rings (SSSR count). The summed E-state index contributed by atoms with van der Waals surface area (Å²) in [7, 11) is 1.88. The fourth-order valence-corrected chi connectivity index (χ4v) is 2.18. The van der Waals surface area contributed by atoms with Gasteiger partial charge in [-0.3, -0.25) is 9.59 Å². The molecule has 0 aliphatic carbocycles. The Morgan fingerprint density at radius 1 is 1.04 bits per heavy atom. The molecule has 0 aliphatic heterocycles. The van der Waals surface area contributed by atoms with Crippen LogP contribution in [-0.2, 0) is 30.0 Å². The third-order valence-electron chi connectivity index (χ3n) is 3.37. The maximum atomic E-state index is 14.1. The SMILES string of the molecule is COC(=O)C(C(=O)OC)C(c1ccc(C(F)(F)F)cc1)C(F)C=O. The molecule has 0 amide bonds. The predicted octanol–water partition coefficient (Wildman–Crippen LogP) is 2.29. The number of carbonyl (C=O) groups is 3. The first-order chi connectivity index (χ1) is 11.2. The summed E-state index contributed by atoms with van der Waals surface area (Å²) in [4.78, 5) is 34.4. The Hall–Kier alpha value is -2.45. The predicted molar refractivity (Wildman–Crippen MR) is 72.7 cm³/mol. The van der Waals surface area contributed by atoms with E-state index in [2.05, 4.69) is 9.47 Å². The van der Waals surface area contributed by atoms with E-state index in [0.29, 0.717) is 12.1 Å². The van der Waals surface area contributed by atoms with Crippen molar-refractivity contribution in [3.05, 3.63) is 35.4 Å². The van der Waals surface area contributed by atoms with Gasteiger partial charge in [0.15, 0.2) is 18.4 Å². The van der Waals surface area contributed by atoms with Gasteiger partial charge in [0.05, 0.1) is 19.8 Å². The Labute approximate surface area is 134 Å². The summed E-state index contributed by atoms with van der Waals surface area (Å²) in [5.74, 6) is -5.85. The average molecular weight is 350 g/mol. The number of aldehydes is 1. The highest BCUT2D eigenvalue weighted by molar-refractivity contribution is 5.96. The summed E-state index contributed by atoms with van der Waals surface area (Å²) < 4.78 is 60.6. The minimum Gasteiger partial charge on any atom is -0.468 e. The second-order valence-corrected chi connectivity index (χ2v) is 4.75.